The molecule has 1 aliphatic heterocycles. The minimum absolute atomic E-state index is 0.224. The molecular weight excluding hydrogens is 172 g/mol. The van der Waals surface area contributed by atoms with Crippen LogP contribution in [0.15, 0.2) is 22.6 Å². The Morgan fingerprint density at radius 3 is 3.17 bits per heavy atom. The molecule has 2 aliphatic rings. The molecule has 1 aliphatic carbocycles. The van der Waals surface area contributed by atoms with Crippen LogP contribution in [0.2, 0.25) is 0 Å². The average molecular weight is 182 g/mol. The number of aliphatic carboxylic acids is 1. The molecule has 0 spiro atoms. The standard InChI is InChI=1S/C9H10O2S/c10-9(11)8-5-6-3-1-2-4-7(6)12-8/h2,4,8H,1,3,5H2,(H,10,11). The number of carboxylic acids is 1. The van der Waals surface area contributed by atoms with Gasteiger partial charge in [0.05, 0.1) is 0 Å². The van der Waals surface area contributed by atoms with E-state index in [1.54, 1.807) is 0 Å². The first-order chi connectivity index (χ1) is 5.77. The summed E-state index contributed by atoms with van der Waals surface area (Å²) >= 11 is 1.50. The lowest BCUT2D eigenvalue weighted by Gasteiger charge is -2.04. The van der Waals surface area contributed by atoms with Crippen molar-refractivity contribution in [3.05, 3.63) is 22.6 Å². The predicted octanol–water partition coefficient (Wildman–Crippen LogP) is 2.18. The Labute approximate surface area is 75.3 Å². The van der Waals surface area contributed by atoms with Crippen molar-refractivity contribution in [3.63, 3.8) is 0 Å². The largest absolute Gasteiger partial charge is 0.480 e. The van der Waals surface area contributed by atoms with Crippen LogP contribution in [0.1, 0.15) is 19.3 Å². The van der Waals surface area contributed by atoms with Crippen molar-refractivity contribution in [1.29, 1.82) is 0 Å². The van der Waals surface area contributed by atoms with E-state index >= 15 is 0 Å². The van der Waals surface area contributed by atoms with E-state index in [0.29, 0.717) is 0 Å². The maximum Gasteiger partial charge on any atom is 0.317 e. The van der Waals surface area contributed by atoms with Gasteiger partial charge in [-0.3, -0.25) is 4.79 Å². The van der Waals surface area contributed by atoms with Crippen LogP contribution < -0.4 is 0 Å². The number of rotatable bonds is 1. The van der Waals surface area contributed by atoms with E-state index in [-0.39, 0.29) is 5.25 Å². The Balaban J connectivity index is 2.12. The van der Waals surface area contributed by atoms with Gasteiger partial charge in [0.1, 0.15) is 5.25 Å². The molecule has 64 valence electrons. The van der Waals surface area contributed by atoms with Gasteiger partial charge in [-0.15, -0.1) is 11.8 Å². The van der Waals surface area contributed by atoms with Gasteiger partial charge in [0, 0.05) is 4.91 Å². The van der Waals surface area contributed by atoms with Crippen LogP contribution in [0.3, 0.4) is 0 Å². The molecule has 1 N–H and O–H groups in total. The maximum absolute atomic E-state index is 10.7. The highest BCUT2D eigenvalue weighted by Gasteiger charge is 2.29. The van der Waals surface area contributed by atoms with E-state index in [9.17, 15) is 4.79 Å². The van der Waals surface area contributed by atoms with Crippen LogP contribution >= 0.6 is 11.8 Å². The van der Waals surface area contributed by atoms with E-state index < -0.39 is 5.97 Å². The summed E-state index contributed by atoms with van der Waals surface area (Å²) in [5.41, 5.74) is 1.34. The number of allylic oxidation sites excluding steroid dienone is 3. The first-order valence-corrected chi connectivity index (χ1v) is 4.93. The minimum atomic E-state index is -0.678. The van der Waals surface area contributed by atoms with Crippen LogP contribution in [0.25, 0.3) is 0 Å². The van der Waals surface area contributed by atoms with Gasteiger partial charge in [-0.2, -0.15) is 0 Å². The molecule has 0 aromatic heterocycles. The van der Waals surface area contributed by atoms with Crippen molar-refractivity contribution in [2.24, 2.45) is 0 Å². The average Bonchev–Trinajstić information content (AvgIpc) is 2.46. The fourth-order valence-corrected chi connectivity index (χ4v) is 2.79. The molecule has 0 radical (unpaired) electrons. The number of carboxylic acid groups (broad SMARTS) is 1. The number of carbonyl (C=O) groups is 1. The van der Waals surface area contributed by atoms with Crippen molar-refractivity contribution >= 4 is 17.7 Å². The second kappa shape index (κ2) is 2.98. The summed E-state index contributed by atoms with van der Waals surface area (Å²) in [6.07, 6.45) is 7.07. The smallest absolute Gasteiger partial charge is 0.317 e. The molecule has 2 rings (SSSR count). The fraction of sp³-hybridized carbons (Fsp3) is 0.444. The second-order valence-corrected chi connectivity index (χ2v) is 4.30. The first-order valence-electron chi connectivity index (χ1n) is 4.05. The number of hydrogen-bond donors (Lipinski definition) is 1. The summed E-state index contributed by atoms with van der Waals surface area (Å²) in [7, 11) is 0. The third-order valence-corrected chi connectivity index (χ3v) is 3.54. The SMILES string of the molecule is O=C(O)C1CC2=C(C=CCC2)S1. The van der Waals surface area contributed by atoms with Crippen LogP contribution in [0.4, 0.5) is 0 Å². The summed E-state index contributed by atoms with van der Waals surface area (Å²) in [6.45, 7) is 0. The predicted molar refractivity (Wildman–Crippen MR) is 49.0 cm³/mol. The Morgan fingerprint density at radius 2 is 2.50 bits per heavy atom. The Bertz CT molecular complexity index is 278. The van der Waals surface area contributed by atoms with Crippen molar-refractivity contribution < 1.29 is 9.90 Å². The molecule has 1 heterocycles. The normalized spacial score (nSPS) is 27.5. The first kappa shape index (κ1) is 7.92. The van der Waals surface area contributed by atoms with Crippen LogP contribution in [0, 0.1) is 0 Å². The summed E-state index contributed by atoms with van der Waals surface area (Å²) in [5.74, 6) is -0.678. The minimum Gasteiger partial charge on any atom is -0.480 e. The zero-order valence-corrected chi connectivity index (χ0v) is 7.43. The van der Waals surface area contributed by atoms with Gasteiger partial charge in [0.25, 0.3) is 0 Å². The quantitative estimate of drug-likeness (QED) is 0.675. The highest BCUT2D eigenvalue weighted by molar-refractivity contribution is 8.04. The molecule has 0 amide bonds. The lowest BCUT2D eigenvalue weighted by atomic mass is 10.0. The second-order valence-electron chi connectivity index (χ2n) is 3.06. The van der Waals surface area contributed by atoms with E-state index in [1.807, 2.05) is 0 Å². The topological polar surface area (TPSA) is 37.3 Å². The molecule has 12 heavy (non-hydrogen) atoms. The van der Waals surface area contributed by atoms with Gasteiger partial charge >= 0.3 is 5.97 Å². The molecule has 0 bridgehead atoms. The van der Waals surface area contributed by atoms with Gasteiger partial charge in [0.2, 0.25) is 0 Å². The molecule has 0 aromatic rings. The van der Waals surface area contributed by atoms with Gasteiger partial charge in [-0.05, 0) is 19.3 Å². The molecule has 2 nitrogen and oxygen atoms in total. The Hall–Kier alpha value is -0.700. The molecule has 1 atom stereocenters. The molecule has 0 saturated carbocycles. The molecular formula is C9H10O2S. The third-order valence-electron chi connectivity index (χ3n) is 2.21. The molecule has 0 aromatic carbocycles. The van der Waals surface area contributed by atoms with Crippen molar-refractivity contribution in [3.8, 4) is 0 Å². The van der Waals surface area contributed by atoms with Gasteiger partial charge < -0.3 is 5.11 Å². The zero-order chi connectivity index (χ0) is 8.55. The molecule has 1 unspecified atom stereocenters. The van der Waals surface area contributed by atoms with E-state index in [2.05, 4.69) is 12.2 Å². The van der Waals surface area contributed by atoms with Crippen LogP contribution in [0.5, 0.6) is 0 Å². The Kier molecular flexibility index (Phi) is 1.97. The van der Waals surface area contributed by atoms with Crippen molar-refractivity contribution in [2.45, 2.75) is 24.5 Å². The van der Waals surface area contributed by atoms with Crippen molar-refractivity contribution in [2.75, 3.05) is 0 Å². The monoisotopic (exact) mass is 182 g/mol. The third kappa shape index (κ3) is 1.29. The lowest BCUT2D eigenvalue weighted by Crippen LogP contribution is -2.12. The van der Waals surface area contributed by atoms with Gasteiger partial charge in [-0.25, -0.2) is 0 Å². The summed E-state index contributed by atoms with van der Waals surface area (Å²) < 4.78 is 0. The van der Waals surface area contributed by atoms with Gasteiger partial charge in [0.15, 0.2) is 0 Å². The highest BCUT2D eigenvalue weighted by atomic mass is 32.2. The number of thioether (sulfide) groups is 1. The fourth-order valence-electron chi connectivity index (χ4n) is 1.57. The van der Waals surface area contributed by atoms with Crippen molar-refractivity contribution in [1.82, 2.24) is 0 Å². The highest BCUT2D eigenvalue weighted by Crippen LogP contribution is 2.42. The van der Waals surface area contributed by atoms with E-state index in [0.717, 1.165) is 19.3 Å². The summed E-state index contributed by atoms with van der Waals surface area (Å²) in [4.78, 5) is 11.9. The maximum atomic E-state index is 10.7. The molecule has 0 saturated heterocycles. The summed E-state index contributed by atoms with van der Waals surface area (Å²) in [6, 6.07) is 0. The lowest BCUT2D eigenvalue weighted by molar-refractivity contribution is -0.136. The Morgan fingerprint density at radius 1 is 1.67 bits per heavy atom. The molecule has 0 fully saturated rings. The van der Waals surface area contributed by atoms with Crippen LogP contribution in [-0.4, -0.2) is 16.3 Å². The van der Waals surface area contributed by atoms with Gasteiger partial charge in [-0.1, -0.05) is 17.7 Å². The van der Waals surface area contributed by atoms with E-state index in [4.69, 9.17) is 5.11 Å². The number of hydrogen-bond acceptors (Lipinski definition) is 2. The van der Waals surface area contributed by atoms with Crippen LogP contribution in [-0.2, 0) is 4.79 Å². The van der Waals surface area contributed by atoms with E-state index in [1.165, 1.54) is 22.2 Å². The molecule has 3 heteroatoms. The summed E-state index contributed by atoms with van der Waals surface area (Å²) in [5, 5.41) is 8.56. The zero-order valence-electron chi connectivity index (χ0n) is 6.62.